The van der Waals surface area contributed by atoms with E-state index in [4.69, 9.17) is 0 Å². The van der Waals surface area contributed by atoms with Crippen LogP contribution in [0.15, 0.2) is 41.8 Å². The molecule has 4 nitrogen and oxygen atoms in total. The van der Waals surface area contributed by atoms with Crippen molar-refractivity contribution in [1.82, 2.24) is 10.2 Å². The van der Waals surface area contributed by atoms with E-state index in [0.717, 1.165) is 25.1 Å². The van der Waals surface area contributed by atoms with Crippen LogP contribution in [0.2, 0.25) is 0 Å². The average Bonchev–Trinajstić information content (AvgIpc) is 3.08. The summed E-state index contributed by atoms with van der Waals surface area (Å²) in [6.45, 7) is 4.75. The number of benzene rings is 1. The number of amides is 1. The number of aliphatic hydroxyl groups is 1. The van der Waals surface area contributed by atoms with Crippen LogP contribution in [0.25, 0.3) is 0 Å². The Balaban J connectivity index is 1.44. The third-order valence-electron chi connectivity index (χ3n) is 4.62. The first-order valence-electron chi connectivity index (χ1n) is 8.42. The van der Waals surface area contributed by atoms with E-state index in [1.807, 2.05) is 41.7 Å². The van der Waals surface area contributed by atoms with Gasteiger partial charge in [0.2, 0.25) is 5.91 Å². The zero-order valence-corrected chi connectivity index (χ0v) is 14.8. The van der Waals surface area contributed by atoms with E-state index in [9.17, 15) is 9.90 Å². The lowest BCUT2D eigenvalue weighted by atomic mass is 10.1. The van der Waals surface area contributed by atoms with E-state index in [-0.39, 0.29) is 18.4 Å². The van der Waals surface area contributed by atoms with Gasteiger partial charge in [0.05, 0.1) is 12.5 Å². The highest BCUT2D eigenvalue weighted by atomic mass is 32.1. The summed E-state index contributed by atoms with van der Waals surface area (Å²) in [4.78, 5) is 16.0. The van der Waals surface area contributed by atoms with Gasteiger partial charge in [0.15, 0.2) is 0 Å². The molecular weight excluding hydrogens is 320 g/mol. The van der Waals surface area contributed by atoms with Crippen LogP contribution >= 0.6 is 11.3 Å². The summed E-state index contributed by atoms with van der Waals surface area (Å²) in [6, 6.07) is 11.8. The van der Waals surface area contributed by atoms with Crippen molar-refractivity contribution in [3.05, 3.63) is 57.8 Å². The molecule has 5 heteroatoms. The fraction of sp³-hybridized carbons (Fsp3) is 0.421. The second-order valence-electron chi connectivity index (χ2n) is 6.37. The van der Waals surface area contributed by atoms with Crippen LogP contribution in [-0.4, -0.2) is 35.0 Å². The van der Waals surface area contributed by atoms with E-state index < -0.39 is 6.10 Å². The Morgan fingerprint density at radius 3 is 2.92 bits per heavy atom. The molecule has 2 heterocycles. The van der Waals surface area contributed by atoms with Crippen LogP contribution in [0.5, 0.6) is 0 Å². The minimum Gasteiger partial charge on any atom is -0.388 e. The summed E-state index contributed by atoms with van der Waals surface area (Å²) in [5, 5.41) is 15.2. The molecule has 2 aromatic rings. The number of nitrogens with one attached hydrogen (secondary N) is 1. The van der Waals surface area contributed by atoms with Gasteiger partial charge in [-0.25, -0.2) is 0 Å². The van der Waals surface area contributed by atoms with E-state index in [1.54, 1.807) is 0 Å². The average molecular weight is 344 g/mol. The molecule has 2 unspecified atom stereocenters. The minimum absolute atomic E-state index is 0.103. The molecule has 0 saturated carbocycles. The highest BCUT2D eigenvalue weighted by molar-refractivity contribution is 7.10. The molecule has 0 radical (unpaired) electrons. The Labute approximate surface area is 147 Å². The Morgan fingerprint density at radius 1 is 1.33 bits per heavy atom. The Morgan fingerprint density at radius 2 is 2.12 bits per heavy atom. The lowest BCUT2D eigenvalue weighted by molar-refractivity contribution is -0.123. The smallest absolute Gasteiger partial charge is 0.223 e. The zero-order valence-electron chi connectivity index (χ0n) is 13.9. The van der Waals surface area contributed by atoms with Gasteiger partial charge < -0.3 is 10.4 Å². The van der Waals surface area contributed by atoms with Crippen LogP contribution in [0.1, 0.15) is 35.5 Å². The summed E-state index contributed by atoms with van der Waals surface area (Å²) in [5.41, 5.74) is 2.20. The van der Waals surface area contributed by atoms with Crippen LogP contribution in [0.4, 0.5) is 0 Å². The highest BCUT2D eigenvalue weighted by Crippen LogP contribution is 2.25. The first-order chi connectivity index (χ1) is 11.6. The van der Waals surface area contributed by atoms with Crippen molar-refractivity contribution < 1.29 is 9.90 Å². The van der Waals surface area contributed by atoms with Crippen LogP contribution < -0.4 is 5.32 Å². The molecule has 1 amide bonds. The van der Waals surface area contributed by atoms with Crippen LogP contribution in [0.3, 0.4) is 0 Å². The molecule has 128 valence electrons. The van der Waals surface area contributed by atoms with Crippen LogP contribution in [0, 0.1) is 0 Å². The maximum Gasteiger partial charge on any atom is 0.223 e. The van der Waals surface area contributed by atoms with Gasteiger partial charge in [-0.2, -0.15) is 0 Å². The Hall–Kier alpha value is -1.69. The third-order valence-corrected chi connectivity index (χ3v) is 5.64. The molecular formula is C19H24N2O2S. The topological polar surface area (TPSA) is 52.6 Å². The summed E-state index contributed by atoms with van der Waals surface area (Å²) >= 11 is 1.84. The molecule has 2 N–H and O–H groups in total. The van der Waals surface area contributed by atoms with E-state index in [2.05, 4.69) is 28.6 Å². The predicted molar refractivity (Wildman–Crippen MR) is 96.9 cm³/mol. The second-order valence-corrected chi connectivity index (χ2v) is 7.37. The number of nitrogens with zero attached hydrogens (tertiary/aromatic N) is 1. The number of hydrogen-bond donors (Lipinski definition) is 2. The van der Waals surface area contributed by atoms with Gasteiger partial charge in [0.1, 0.15) is 0 Å². The zero-order chi connectivity index (χ0) is 16.9. The SMILES string of the molecule is CC(CNC(=O)CC(O)c1ccccc1)N1CCc2sccc2C1. The highest BCUT2D eigenvalue weighted by Gasteiger charge is 2.22. The molecule has 3 rings (SSSR count). The first kappa shape index (κ1) is 17.1. The van der Waals surface area contributed by atoms with Gasteiger partial charge >= 0.3 is 0 Å². The van der Waals surface area contributed by atoms with Crippen molar-refractivity contribution in [1.29, 1.82) is 0 Å². The van der Waals surface area contributed by atoms with Crippen molar-refractivity contribution in [3.8, 4) is 0 Å². The molecule has 24 heavy (non-hydrogen) atoms. The summed E-state index contributed by atoms with van der Waals surface area (Å²) in [7, 11) is 0. The molecule has 0 aliphatic carbocycles. The predicted octanol–water partition coefficient (Wildman–Crippen LogP) is 2.73. The standard InChI is InChI=1S/C19H24N2O2S/c1-14(21-9-7-18-16(13-21)8-10-24-18)12-20-19(23)11-17(22)15-5-3-2-4-6-15/h2-6,8,10,14,17,22H,7,9,11-13H2,1H3,(H,20,23). The number of carbonyl (C=O) groups excluding carboxylic acids is 1. The van der Waals surface area contributed by atoms with Gasteiger partial charge in [-0.3, -0.25) is 9.69 Å². The number of fused-ring (bicyclic) bond motifs is 1. The molecule has 1 aromatic heterocycles. The molecule has 0 bridgehead atoms. The largest absolute Gasteiger partial charge is 0.388 e. The normalized spacial score (nSPS) is 17.1. The maximum atomic E-state index is 12.1. The quantitative estimate of drug-likeness (QED) is 0.847. The number of carbonyl (C=O) groups is 1. The number of hydrogen-bond acceptors (Lipinski definition) is 4. The van der Waals surface area contributed by atoms with Gasteiger partial charge in [-0.1, -0.05) is 30.3 Å². The van der Waals surface area contributed by atoms with Crippen molar-refractivity contribution in [2.75, 3.05) is 13.1 Å². The van der Waals surface area contributed by atoms with Crippen LogP contribution in [-0.2, 0) is 17.8 Å². The lowest BCUT2D eigenvalue weighted by Crippen LogP contribution is -2.44. The van der Waals surface area contributed by atoms with Crippen molar-refractivity contribution in [2.24, 2.45) is 0 Å². The summed E-state index contributed by atoms with van der Waals surface area (Å²) in [6.07, 6.45) is 0.452. The van der Waals surface area contributed by atoms with E-state index in [1.165, 1.54) is 10.4 Å². The summed E-state index contributed by atoms with van der Waals surface area (Å²) in [5.74, 6) is -0.105. The van der Waals surface area contributed by atoms with Crippen molar-refractivity contribution in [3.63, 3.8) is 0 Å². The molecule has 0 spiro atoms. The molecule has 1 aliphatic rings. The number of aliphatic hydroxyl groups excluding tert-OH is 1. The molecule has 0 saturated heterocycles. The lowest BCUT2D eigenvalue weighted by Gasteiger charge is -2.32. The van der Waals surface area contributed by atoms with Gasteiger partial charge in [-0.15, -0.1) is 11.3 Å². The molecule has 2 atom stereocenters. The van der Waals surface area contributed by atoms with Gasteiger partial charge in [0, 0.05) is 30.6 Å². The van der Waals surface area contributed by atoms with Crippen molar-refractivity contribution in [2.45, 2.75) is 38.5 Å². The van der Waals surface area contributed by atoms with Gasteiger partial charge in [-0.05, 0) is 35.9 Å². The fourth-order valence-corrected chi connectivity index (χ4v) is 3.97. The molecule has 1 aliphatic heterocycles. The third kappa shape index (κ3) is 4.23. The molecule has 0 fully saturated rings. The van der Waals surface area contributed by atoms with Crippen molar-refractivity contribution >= 4 is 17.2 Å². The fourth-order valence-electron chi connectivity index (χ4n) is 3.08. The number of rotatable bonds is 6. The van der Waals surface area contributed by atoms with E-state index >= 15 is 0 Å². The molecule has 1 aromatic carbocycles. The Kier molecular flexibility index (Phi) is 5.66. The van der Waals surface area contributed by atoms with E-state index in [0.29, 0.717) is 6.54 Å². The Bertz CT molecular complexity index is 671. The van der Waals surface area contributed by atoms with Gasteiger partial charge in [0.25, 0.3) is 0 Å². The maximum absolute atomic E-state index is 12.1. The number of thiophene rings is 1. The second kappa shape index (κ2) is 7.92. The first-order valence-corrected chi connectivity index (χ1v) is 9.30. The summed E-state index contributed by atoms with van der Waals surface area (Å²) < 4.78 is 0. The minimum atomic E-state index is -0.746. The monoisotopic (exact) mass is 344 g/mol.